The van der Waals surface area contributed by atoms with E-state index < -0.39 is 4.92 Å². The second-order valence-electron chi connectivity index (χ2n) is 3.84. The number of methoxy groups -OCH3 is 1. The van der Waals surface area contributed by atoms with E-state index in [4.69, 9.17) is 4.74 Å². The number of nitro groups is 1. The average Bonchev–Trinajstić information content (AvgIpc) is 2.79. The van der Waals surface area contributed by atoms with Crippen LogP contribution < -0.4 is 4.90 Å². The molecule has 19 heavy (non-hydrogen) atoms. The van der Waals surface area contributed by atoms with Crippen molar-refractivity contribution in [3.05, 3.63) is 33.7 Å². The van der Waals surface area contributed by atoms with Gasteiger partial charge in [-0.25, -0.2) is 0 Å². The number of hydrogen-bond acceptors (Lipinski definition) is 6. The highest BCUT2D eigenvalue weighted by Crippen LogP contribution is 2.37. The van der Waals surface area contributed by atoms with Gasteiger partial charge in [0.2, 0.25) is 0 Å². The summed E-state index contributed by atoms with van der Waals surface area (Å²) in [4.78, 5) is 24.1. The topological polar surface area (TPSA) is 72.7 Å². The summed E-state index contributed by atoms with van der Waals surface area (Å²) >= 11 is 1.13. The van der Waals surface area contributed by atoms with Gasteiger partial charge in [-0.3, -0.25) is 14.9 Å². The minimum Gasteiger partial charge on any atom is -0.383 e. The normalized spacial score (nSPS) is 10.2. The standard InChI is InChI=1S/C12H16N2O4S/c1-4-5-13(6-7-18-3)12-10(14(16)17)8-11(19-12)9(2)15/h4,8H,1,5-7H2,2-3H3. The zero-order valence-corrected chi connectivity index (χ0v) is 11.7. The van der Waals surface area contributed by atoms with Gasteiger partial charge in [-0.15, -0.1) is 17.9 Å². The molecule has 0 aromatic carbocycles. The van der Waals surface area contributed by atoms with Gasteiger partial charge in [0.1, 0.15) is 0 Å². The molecule has 0 bridgehead atoms. The van der Waals surface area contributed by atoms with Gasteiger partial charge in [0, 0.05) is 26.3 Å². The van der Waals surface area contributed by atoms with Crippen molar-refractivity contribution in [2.75, 3.05) is 31.7 Å². The molecule has 0 aliphatic carbocycles. The summed E-state index contributed by atoms with van der Waals surface area (Å²) in [5, 5.41) is 11.5. The number of anilines is 1. The Bertz CT molecular complexity index is 484. The molecule has 0 N–H and O–H groups in total. The number of carbonyl (C=O) groups is 1. The maximum absolute atomic E-state index is 11.4. The van der Waals surface area contributed by atoms with Crippen molar-refractivity contribution in [3.8, 4) is 0 Å². The lowest BCUT2D eigenvalue weighted by Crippen LogP contribution is -2.27. The summed E-state index contributed by atoms with van der Waals surface area (Å²) in [6.07, 6.45) is 1.66. The summed E-state index contributed by atoms with van der Waals surface area (Å²) in [5.41, 5.74) is -0.0480. The first-order valence-corrected chi connectivity index (χ1v) is 6.46. The minimum absolute atomic E-state index is 0.0480. The first-order chi connectivity index (χ1) is 9.01. The molecule has 0 amide bonds. The Hall–Kier alpha value is -1.73. The van der Waals surface area contributed by atoms with Gasteiger partial charge >= 0.3 is 5.69 Å². The van der Waals surface area contributed by atoms with Crippen LogP contribution in [0.1, 0.15) is 16.6 Å². The van der Waals surface area contributed by atoms with E-state index in [9.17, 15) is 14.9 Å². The van der Waals surface area contributed by atoms with Crippen LogP contribution >= 0.6 is 11.3 Å². The molecule has 0 fully saturated rings. The van der Waals surface area contributed by atoms with E-state index in [1.165, 1.54) is 13.0 Å². The van der Waals surface area contributed by atoms with Crippen LogP contribution in [0.2, 0.25) is 0 Å². The number of nitrogens with zero attached hydrogens (tertiary/aromatic N) is 2. The number of hydrogen-bond donors (Lipinski definition) is 0. The van der Waals surface area contributed by atoms with Gasteiger partial charge in [0.15, 0.2) is 10.8 Å². The van der Waals surface area contributed by atoms with Gasteiger partial charge in [0.05, 0.1) is 16.4 Å². The molecule has 0 atom stereocenters. The molecular weight excluding hydrogens is 268 g/mol. The third-order valence-corrected chi connectivity index (χ3v) is 3.73. The molecule has 0 saturated heterocycles. The van der Waals surface area contributed by atoms with E-state index in [0.29, 0.717) is 29.6 Å². The number of ether oxygens (including phenoxy) is 1. The highest BCUT2D eigenvalue weighted by Gasteiger charge is 2.24. The molecule has 0 unspecified atom stereocenters. The first-order valence-electron chi connectivity index (χ1n) is 5.65. The molecule has 0 aliphatic heterocycles. The number of carbonyl (C=O) groups excluding carboxylic acids is 1. The van der Waals surface area contributed by atoms with Crippen molar-refractivity contribution in [3.63, 3.8) is 0 Å². The van der Waals surface area contributed by atoms with Crippen molar-refractivity contribution in [1.82, 2.24) is 0 Å². The highest BCUT2D eigenvalue weighted by molar-refractivity contribution is 7.18. The lowest BCUT2D eigenvalue weighted by molar-refractivity contribution is -0.383. The van der Waals surface area contributed by atoms with Gasteiger partial charge in [-0.1, -0.05) is 6.08 Å². The molecule has 1 rings (SSSR count). The Morgan fingerprint density at radius 2 is 2.37 bits per heavy atom. The van der Waals surface area contributed by atoms with E-state index in [1.54, 1.807) is 18.1 Å². The van der Waals surface area contributed by atoms with Crippen LogP contribution in [0.3, 0.4) is 0 Å². The summed E-state index contributed by atoms with van der Waals surface area (Å²) < 4.78 is 4.99. The lowest BCUT2D eigenvalue weighted by Gasteiger charge is -2.20. The number of rotatable bonds is 8. The molecule has 7 heteroatoms. The first kappa shape index (κ1) is 15.3. The van der Waals surface area contributed by atoms with E-state index in [1.807, 2.05) is 0 Å². The number of thiophene rings is 1. The van der Waals surface area contributed by atoms with Crippen molar-refractivity contribution in [1.29, 1.82) is 0 Å². The zero-order valence-electron chi connectivity index (χ0n) is 10.9. The summed E-state index contributed by atoms with van der Waals surface area (Å²) in [5.74, 6) is -0.176. The molecular formula is C12H16N2O4S. The van der Waals surface area contributed by atoms with Crippen molar-refractivity contribution in [2.45, 2.75) is 6.92 Å². The minimum atomic E-state index is -0.471. The molecule has 1 heterocycles. The monoisotopic (exact) mass is 284 g/mol. The molecule has 6 nitrogen and oxygen atoms in total. The lowest BCUT2D eigenvalue weighted by atomic mass is 10.3. The Morgan fingerprint density at radius 1 is 1.68 bits per heavy atom. The molecule has 0 aliphatic rings. The fraction of sp³-hybridized carbons (Fsp3) is 0.417. The second-order valence-corrected chi connectivity index (χ2v) is 4.87. The second kappa shape index (κ2) is 7.01. The predicted octanol–water partition coefficient (Wildman–Crippen LogP) is 2.50. The van der Waals surface area contributed by atoms with Crippen molar-refractivity contribution < 1.29 is 14.5 Å². The van der Waals surface area contributed by atoms with E-state index in [2.05, 4.69) is 6.58 Å². The Balaban J connectivity index is 3.15. The molecule has 0 spiro atoms. The van der Waals surface area contributed by atoms with E-state index >= 15 is 0 Å². The molecule has 1 aromatic heterocycles. The van der Waals surface area contributed by atoms with Crippen LogP contribution in [0.4, 0.5) is 10.7 Å². The molecule has 0 radical (unpaired) electrons. The third kappa shape index (κ3) is 3.87. The quantitative estimate of drug-likeness (QED) is 0.317. The summed E-state index contributed by atoms with van der Waals surface area (Å²) in [6, 6.07) is 1.32. The predicted molar refractivity (Wildman–Crippen MR) is 75.3 cm³/mol. The molecule has 0 saturated carbocycles. The average molecular weight is 284 g/mol. The van der Waals surface area contributed by atoms with Crippen LogP contribution in [0.25, 0.3) is 0 Å². The van der Waals surface area contributed by atoms with Gasteiger partial charge in [0.25, 0.3) is 0 Å². The third-order valence-electron chi connectivity index (χ3n) is 2.44. The van der Waals surface area contributed by atoms with Gasteiger partial charge < -0.3 is 9.64 Å². The van der Waals surface area contributed by atoms with Crippen LogP contribution in [-0.2, 0) is 4.74 Å². The van der Waals surface area contributed by atoms with Gasteiger partial charge in [-0.05, 0) is 6.92 Å². The summed E-state index contributed by atoms with van der Waals surface area (Å²) in [7, 11) is 1.57. The van der Waals surface area contributed by atoms with Crippen LogP contribution in [0.15, 0.2) is 18.7 Å². The van der Waals surface area contributed by atoms with Crippen LogP contribution in [0, 0.1) is 10.1 Å². The Morgan fingerprint density at radius 3 is 2.84 bits per heavy atom. The zero-order chi connectivity index (χ0) is 14.4. The Labute approximate surface area is 115 Å². The highest BCUT2D eigenvalue weighted by atomic mass is 32.1. The van der Waals surface area contributed by atoms with Crippen molar-refractivity contribution in [2.24, 2.45) is 0 Å². The SMILES string of the molecule is C=CCN(CCOC)c1sc(C(C)=O)cc1[N+](=O)[O-]. The summed E-state index contributed by atoms with van der Waals surface area (Å²) in [6.45, 7) is 6.44. The van der Waals surface area contributed by atoms with Crippen LogP contribution in [-0.4, -0.2) is 37.5 Å². The number of ketones is 1. The maximum atomic E-state index is 11.4. The molecule has 104 valence electrons. The smallest absolute Gasteiger partial charge is 0.304 e. The fourth-order valence-electron chi connectivity index (χ4n) is 1.54. The Kier molecular flexibility index (Phi) is 5.65. The number of Topliss-reactive ketones (excluding diaryl/α,β-unsaturated/α-hetero) is 1. The van der Waals surface area contributed by atoms with E-state index in [0.717, 1.165) is 11.3 Å². The fourth-order valence-corrected chi connectivity index (χ4v) is 2.59. The maximum Gasteiger partial charge on any atom is 0.304 e. The van der Waals surface area contributed by atoms with E-state index in [-0.39, 0.29) is 11.5 Å². The largest absolute Gasteiger partial charge is 0.383 e. The van der Waals surface area contributed by atoms with Crippen LogP contribution in [0.5, 0.6) is 0 Å². The molecule has 1 aromatic rings. The van der Waals surface area contributed by atoms with Gasteiger partial charge in [-0.2, -0.15) is 0 Å². The van der Waals surface area contributed by atoms with Crippen molar-refractivity contribution >= 4 is 27.8 Å².